The average molecular weight is 231 g/mol. The predicted octanol–water partition coefficient (Wildman–Crippen LogP) is 1.51. The van der Waals surface area contributed by atoms with E-state index in [1.807, 2.05) is 27.7 Å². The van der Waals surface area contributed by atoms with Gasteiger partial charge < -0.3 is 19.6 Å². The SMILES string of the molecule is CC(COC(=O)NCCC=O)OC(C)(C)C. The molecule has 0 fully saturated rings. The highest BCUT2D eigenvalue weighted by Crippen LogP contribution is 2.10. The second kappa shape index (κ2) is 7.22. The van der Waals surface area contributed by atoms with Crippen molar-refractivity contribution in [3.05, 3.63) is 0 Å². The van der Waals surface area contributed by atoms with Crippen molar-refractivity contribution in [2.75, 3.05) is 13.2 Å². The molecular formula is C11H21NO4. The molecule has 0 aromatic rings. The topological polar surface area (TPSA) is 64.6 Å². The van der Waals surface area contributed by atoms with E-state index in [-0.39, 0.29) is 18.3 Å². The van der Waals surface area contributed by atoms with Gasteiger partial charge in [-0.1, -0.05) is 0 Å². The minimum atomic E-state index is -0.522. The molecule has 16 heavy (non-hydrogen) atoms. The number of hydrogen-bond donors (Lipinski definition) is 1. The van der Waals surface area contributed by atoms with Crippen LogP contribution >= 0.6 is 0 Å². The summed E-state index contributed by atoms with van der Waals surface area (Å²) in [6.45, 7) is 8.15. The molecule has 0 aromatic heterocycles. The van der Waals surface area contributed by atoms with Gasteiger partial charge in [0.2, 0.25) is 0 Å². The van der Waals surface area contributed by atoms with Crippen LogP contribution in [-0.2, 0) is 14.3 Å². The summed E-state index contributed by atoms with van der Waals surface area (Å²) in [5.41, 5.74) is -0.253. The van der Waals surface area contributed by atoms with Gasteiger partial charge >= 0.3 is 6.09 Å². The van der Waals surface area contributed by atoms with Gasteiger partial charge in [0.25, 0.3) is 0 Å². The highest BCUT2D eigenvalue weighted by atomic mass is 16.6. The average Bonchev–Trinajstić information content (AvgIpc) is 2.12. The molecular weight excluding hydrogens is 210 g/mol. The van der Waals surface area contributed by atoms with Crippen molar-refractivity contribution in [3.63, 3.8) is 0 Å². The Morgan fingerprint density at radius 2 is 2.06 bits per heavy atom. The molecule has 0 saturated carbocycles. The molecule has 1 amide bonds. The molecule has 1 N–H and O–H groups in total. The monoisotopic (exact) mass is 231 g/mol. The zero-order chi connectivity index (χ0) is 12.6. The van der Waals surface area contributed by atoms with Crippen molar-refractivity contribution >= 4 is 12.4 Å². The number of rotatable bonds is 6. The van der Waals surface area contributed by atoms with Crippen molar-refractivity contribution in [2.24, 2.45) is 0 Å². The maximum absolute atomic E-state index is 11.1. The van der Waals surface area contributed by atoms with E-state index in [0.29, 0.717) is 13.0 Å². The van der Waals surface area contributed by atoms with Gasteiger partial charge in [0.05, 0.1) is 11.7 Å². The maximum Gasteiger partial charge on any atom is 0.407 e. The standard InChI is InChI=1S/C11H21NO4/c1-9(16-11(2,3)4)8-15-10(14)12-6-5-7-13/h7,9H,5-6,8H2,1-4H3,(H,12,14). The van der Waals surface area contributed by atoms with Crippen LogP contribution in [0.4, 0.5) is 4.79 Å². The van der Waals surface area contributed by atoms with Gasteiger partial charge in [-0.25, -0.2) is 4.79 Å². The molecule has 0 spiro atoms. The Morgan fingerprint density at radius 1 is 1.44 bits per heavy atom. The summed E-state index contributed by atoms with van der Waals surface area (Å²) < 4.78 is 10.5. The van der Waals surface area contributed by atoms with Gasteiger partial charge in [0, 0.05) is 13.0 Å². The Labute approximate surface area is 96.5 Å². The van der Waals surface area contributed by atoms with Crippen molar-refractivity contribution < 1.29 is 19.1 Å². The summed E-state index contributed by atoms with van der Waals surface area (Å²) in [5.74, 6) is 0. The number of aldehydes is 1. The fourth-order valence-electron chi connectivity index (χ4n) is 1.11. The van der Waals surface area contributed by atoms with Crippen LogP contribution in [-0.4, -0.2) is 37.2 Å². The van der Waals surface area contributed by atoms with Gasteiger partial charge in [0.1, 0.15) is 12.9 Å². The fourth-order valence-corrected chi connectivity index (χ4v) is 1.11. The summed E-state index contributed by atoms with van der Waals surface area (Å²) in [6.07, 6.45) is 0.359. The lowest BCUT2D eigenvalue weighted by atomic mass is 10.2. The molecule has 0 aliphatic heterocycles. The Bertz CT molecular complexity index is 223. The number of hydrogen-bond acceptors (Lipinski definition) is 4. The first-order chi connectivity index (χ1) is 7.35. The van der Waals surface area contributed by atoms with Gasteiger partial charge in [-0.2, -0.15) is 0 Å². The summed E-state index contributed by atoms with van der Waals surface area (Å²) in [6, 6.07) is 0. The fraction of sp³-hybridized carbons (Fsp3) is 0.818. The summed E-state index contributed by atoms with van der Waals surface area (Å²) in [5, 5.41) is 2.45. The molecule has 0 aromatic carbocycles. The Balaban J connectivity index is 3.62. The summed E-state index contributed by atoms with van der Waals surface area (Å²) in [4.78, 5) is 21.1. The van der Waals surface area contributed by atoms with E-state index >= 15 is 0 Å². The first-order valence-electron chi connectivity index (χ1n) is 5.37. The minimum absolute atomic E-state index is 0.156. The molecule has 0 aliphatic rings. The normalized spacial score (nSPS) is 13.0. The van der Waals surface area contributed by atoms with E-state index in [9.17, 15) is 9.59 Å². The number of ether oxygens (including phenoxy) is 2. The van der Waals surface area contributed by atoms with Crippen molar-refractivity contribution in [1.29, 1.82) is 0 Å². The van der Waals surface area contributed by atoms with E-state index < -0.39 is 6.09 Å². The molecule has 94 valence electrons. The van der Waals surface area contributed by atoms with E-state index in [1.54, 1.807) is 0 Å². The van der Waals surface area contributed by atoms with Crippen LogP contribution in [0.2, 0.25) is 0 Å². The molecule has 0 bridgehead atoms. The third kappa shape index (κ3) is 9.45. The Morgan fingerprint density at radius 3 is 2.56 bits per heavy atom. The van der Waals surface area contributed by atoms with Gasteiger partial charge in [-0.15, -0.1) is 0 Å². The predicted molar refractivity (Wildman–Crippen MR) is 60.3 cm³/mol. The van der Waals surface area contributed by atoms with Crippen LogP contribution in [0, 0.1) is 0 Å². The van der Waals surface area contributed by atoms with E-state index in [2.05, 4.69) is 5.32 Å². The highest BCUT2D eigenvalue weighted by Gasteiger charge is 2.16. The number of carbonyl (C=O) groups is 2. The number of carbonyl (C=O) groups excluding carboxylic acids is 2. The van der Waals surface area contributed by atoms with Crippen LogP contribution in [0.5, 0.6) is 0 Å². The Hall–Kier alpha value is -1.10. The third-order valence-electron chi connectivity index (χ3n) is 1.54. The zero-order valence-electron chi connectivity index (χ0n) is 10.4. The van der Waals surface area contributed by atoms with Gasteiger partial charge in [0.15, 0.2) is 0 Å². The van der Waals surface area contributed by atoms with Gasteiger partial charge in [-0.3, -0.25) is 0 Å². The zero-order valence-corrected chi connectivity index (χ0v) is 10.4. The number of nitrogens with one attached hydrogen (secondary N) is 1. The molecule has 0 heterocycles. The lowest BCUT2D eigenvalue weighted by Gasteiger charge is -2.24. The van der Waals surface area contributed by atoms with Crippen molar-refractivity contribution in [2.45, 2.75) is 45.8 Å². The lowest BCUT2D eigenvalue weighted by molar-refractivity contribution is -0.107. The first kappa shape index (κ1) is 14.9. The molecule has 0 radical (unpaired) electrons. The molecule has 5 nitrogen and oxygen atoms in total. The summed E-state index contributed by atoms with van der Waals surface area (Å²) >= 11 is 0. The first-order valence-corrected chi connectivity index (χ1v) is 5.37. The second-order valence-electron chi connectivity index (χ2n) is 4.52. The second-order valence-corrected chi connectivity index (χ2v) is 4.52. The smallest absolute Gasteiger partial charge is 0.407 e. The van der Waals surface area contributed by atoms with Crippen molar-refractivity contribution in [3.8, 4) is 0 Å². The largest absolute Gasteiger partial charge is 0.447 e. The van der Waals surface area contributed by atoms with E-state index in [4.69, 9.17) is 9.47 Å². The van der Waals surface area contributed by atoms with Crippen LogP contribution in [0.15, 0.2) is 0 Å². The Kier molecular flexibility index (Phi) is 6.72. The molecule has 1 atom stereocenters. The molecule has 5 heteroatoms. The molecule has 1 unspecified atom stereocenters. The number of alkyl carbamates (subject to hydrolysis) is 1. The van der Waals surface area contributed by atoms with E-state index in [0.717, 1.165) is 6.29 Å². The quantitative estimate of drug-likeness (QED) is 0.556. The summed E-state index contributed by atoms with van der Waals surface area (Å²) in [7, 11) is 0. The molecule has 0 aliphatic carbocycles. The lowest BCUT2D eigenvalue weighted by Crippen LogP contribution is -2.32. The molecule has 0 saturated heterocycles. The third-order valence-corrected chi connectivity index (χ3v) is 1.54. The maximum atomic E-state index is 11.1. The van der Waals surface area contributed by atoms with E-state index in [1.165, 1.54) is 0 Å². The van der Waals surface area contributed by atoms with Crippen LogP contribution < -0.4 is 5.32 Å². The molecule has 0 rings (SSSR count). The van der Waals surface area contributed by atoms with Crippen molar-refractivity contribution in [1.82, 2.24) is 5.32 Å². The van der Waals surface area contributed by atoms with Gasteiger partial charge in [-0.05, 0) is 27.7 Å². The minimum Gasteiger partial charge on any atom is -0.447 e. The van der Waals surface area contributed by atoms with Crippen LogP contribution in [0.1, 0.15) is 34.1 Å². The van der Waals surface area contributed by atoms with Crippen LogP contribution in [0.3, 0.4) is 0 Å². The van der Waals surface area contributed by atoms with Crippen LogP contribution in [0.25, 0.3) is 0 Å². The highest BCUT2D eigenvalue weighted by molar-refractivity contribution is 5.67. The number of amides is 1.